The molecule has 3 amide bonds. The summed E-state index contributed by atoms with van der Waals surface area (Å²) in [5.74, 6) is -3.22. The van der Waals surface area contributed by atoms with Crippen LogP contribution in [0.15, 0.2) is 26.0 Å². The number of nitrogens with one attached hydrogen (secondary N) is 2. The van der Waals surface area contributed by atoms with Crippen LogP contribution in [-0.2, 0) is 19.1 Å². The first-order valence-electron chi connectivity index (χ1n) is 11.5. The van der Waals surface area contributed by atoms with Gasteiger partial charge in [0.25, 0.3) is 17.6 Å². The Hall–Kier alpha value is -3.02. The number of thiazole rings is 1. The van der Waals surface area contributed by atoms with Crippen LogP contribution in [-0.4, -0.2) is 83.4 Å². The molecule has 2 aliphatic heterocycles. The van der Waals surface area contributed by atoms with Crippen molar-refractivity contribution in [1.29, 1.82) is 0 Å². The minimum absolute atomic E-state index is 0.0714. The topological polar surface area (TPSA) is 184 Å². The molecule has 2 aliphatic rings. The molecule has 0 saturated carbocycles. The molecular weight excluding hydrogens is 589 g/mol. The average molecular weight is 613 g/mol. The number of rotatable bonds is 9. The molecule has 1 saturated heterocycles. The molecule has 1 unspecified atom stereocenters. The summed E-state index contributed by atoms with van der Waals surface area (Å²) in [6.07, 6.45) is -0.256. The molecule has 39 heavy (non-hydrogen) atoms. The molecule has 4 heterocycles. The van der Waals surface area contributed by atoms with E-state index in [0.717, 1.165) is 21.2 Å². The number of aryl methyl sites for hydroxylation is 1. The van der Waals surface area contributed by atoms with Gasteiger partial charge in [-0.1, -0.05) is 30.0 Å². The van der Waals surface area contributed by atoms with Crippen molar-refractivity contribution in [2.45, 2.75) is 55.5 Å². The molecule has 2 aromatic heterocycles. The number of ketones is 1. The fraction of sp³-hybridized carbons (Fsp3) is 0.455. The predicted molar refractivity (Wildman–Crippen MR) is 144 cm³/mol. The molecule has 2 aromatic rings. The summed E-state index contributed by atoms with van der Waals surface area (Å²) in [6, 6.07) is -1.06. The monoisotopic (exact) mass is 612 g/mol. The van der Waals surface area contributed by atoms with Crippen molar-refractivity contribution in [1.82, 2.24) is 25.4 Å². The average Bonchev–Trinajstić information content (AvgIpc) is 3.52. The smallest absolute Gasteiger partial charge is 0.436 e. The maximum atomic E-state index is 12.9. The number of aromatic amines is 1. The Labute approximate surface area is 238 Å². The summed E-state index contributed by atoms with van der Waals surface area (Å²) in [5, 5.41) is 21.6. The van der Waals surface area contributed by atoms with Crippen LogP contribution >= 0.6 is 46.2 Å². The van der Waals surface area contributed by atoms with Crippen LogP contribution in [0.2, 0.25) is 0 Å². The van der Waals surface area contributed by atoms with Gasteiger partial charge in [-0.15, -0.1) is 38.3 Å². The van der Waals surface area contributed by atoms with Gasteiger partial charge in [0.2, 0.25) is 0 Å². The van der Waals surface area contributed by atoms with Crippen molar-refractivity contribution in [2.75, 3.05) is 11.5 Å². The number of H-pyrrole nitrogens is 1. The molecule has 13 nitrogen and oxygen atoms in total. The summed E-state index contributed by atoms with van der Waals surface area (Å²) < 4.78 is 5.93. The molecule has 17 heteroatoms. The number of thioether (sulfide) groups is 2. The molecular formula is C22H24N6O7S4. The predicted octanol–water partition coefficient (Wildman–Crippen LogP) is 2.18. The van der Waals surface area contributed by atoms with Crippen LogP contribution in [0.3, 0.4) is 0 Å². The number of aliphatic carboxylic acids is 1. The Morgan fingerprint density at radius 3 is 2.72 bits per heavy atom. The summed E-state index contributed by atoms with van der Waals surface area (Å²) in [6.45, 7) is 7.15. The van der Waals surface area contributed by atoms with E-state index in [2.05, 4.69) is 25.5 Å². The molecule has 0 radical (unpaired) electrons. The van der Waals surface area contributed by atoms with E-state index in [4.69, 9.17) is 4.74 Å². The first-order valence-corrected chi connectivity index (χ1v) is 15.3. The number of β-lactam (4-membered cyclic amide) rings is 1. The Morgan fingerprint density at radius 1 is 1.33 bits per heavy atom. The standard InChI is InChI=1S/C22H24N6O7S4/c1-5-22(3,4)35-20(34)25-19-23-11(8-37-19)14(29)15(30)24-12-16(31)28-13(18(32)33)10(6-36-17(12)28)7-38-21-27-26-9(2)39-21/h8,12,17H,5-7H2,1-4H3,(H,24,30)(H,32,33)(H,23,25,34)/t12?,17-/m0/s1. The maximum Gasteiger partial charge on any atom is 0.436 e. The van der Waals surface area contributed by atoms with Gasteiger partial charge in [0.05, 0.1) is 0 Å². The normalized spacial score (nSPS) is 19.4. The van der Waals surface area contributed by atoms with Crippen molar-refractivity contribution in [3.63, 3.8) is 0 Å². The number of hydrogen-bond acceptors (Lipinski definition) is 12. The molecule has 0 bridgehead atoms. The fourth-order valence-corrected chi connectivity index (χ4v) is 7.47. The van der Waals surface area contributed by atoms with Gasteiger partial charge in [-0.3, -0.25) is 19.3 Å². The molecule has 0 aliphatic carbocycles. The van der Waals surface area contributed by atoms with E-state index in [-0.39, 0.29) is 16.2 Å². The Bertz CT molecular complexity index is 1440. The van der Waals surface area contributed by atoms with E-state index in [1.165, 1.54) is 40.2 Å². The van der Waals surface area contributed by atoms with Crippen molar-refractivity contribution < 1.29 is 33.8 Å². The number of carbonyl (C=O) groups excluding carboxylic acids is 4. The summed E-state index contributed by atoms with van der Waals surface area (Å²) in [7, 11) is 0. The van der Waals surface area contributed by atoms with Crippen molar-refractivity contribution in [3.05, 3.63) is 32.2 Å². The largest absolute Gasteiger partial charge is 0.477 e. The van der Waals surface area contributed by atoms with E-state index in [0.29, 0.717) is 27.8 Å². The van der Waals surface area contributed by atoms with Crippen LogP contribution in [0.25, 0.3) is 0 Å². The van der Waals surface area contributed by atoms with Gasteiger partial charge in [-0.25, -0.2) is 9.59 Å². The van der Waals surface area contributed by atoms with Gasteiger partial charge < -0.3 is 20.1 Å². The lowest BCUT2D eigenvalue weighted by Gasteiger charge is -2.49. The number of nitrogens with zero attached hydrogens (tertiary/aromatic N) is 4. The number of ether oxygens (including phenoxy) is 1. The zero-order chi connectivity index (χ0) is 28.5. The van der Waals surface area contributed by atoms with E-state index in [1.807, 2.05) is 13.8 Å². The quantitative estimate of drug-likeness (QED) is 0.163. The van der Waals surface area contributed by atoms with E-state index in [9.17, 15) is 29.1 Å². The SMILES string of the molecule is CCC(C)(C)OC(=O)N=c1[nH]c(C(=O)C(=O)NC2C(=O)N3C(C(=O)O)=C(CSc4nnc(C)s4)CS[C@@H]23)cs1. The van der Waals surface area contributed by atoms with Crippen molar-refractivity contribution in [3.8, 4) is 0 Å². The van der Waals surface area contributed by atoms with E-state index >= 15 is 0 Å². The second-order valence-corrected chi connectivity index (χ2v) is 13.4. The van der Waals surface area contributed by atoms with E-state index in [1.54, 1.807) is 13.8 Å². The first kappa shape index (κ1) is 29.0. The van der Waals surface area contributed by atoms with E-state index < -0.39 is 46.7 Å². The summed E-state index contributed by atoms with van der Waals surface area (Å²) in [4.78, 5) is 69.8. The molecule has 1 fully saturated rings. The van der Waals surface area contributed by atoms with Gasteiger partial charge in [-0.05, 0) is 32.8 Å². The number of carboxylic acid groups (broad SMARTS) is 1. The molecule has 0 spiro atoms. The first-order chi connectivity index (χ1) is 18.4. The molecule has 4 rings (SSSR count). The minimum Gasteiger partial charge on any atom is -0.477 e. The number of fused-ring (bicyclic) bond motifs is 1. The highest BCUT2D eigenvalue weighted by Crippen LogP contribution is 2.41. The minimum atomic E-state index is -1.25. The molecule has 0 aromatic carbocycles. The van der Waals surface area contributed by atoms with Gasteiger partial charge in [0.1, 0.15) is 33.4 Å². The number of hydrogen-bond donors (Lipinski definition) is 3. The highest BCUT2D eigenvalue weighted by atomic mass is 32.2. The second kappa shape index (κ2) is 11.6. The Morgan fingerprint density at radius 2 is 2.08 bits per heavy atom. The number of aromatic nitrogens is 3. The van der Waals surface area contributed by atoms with Crippen LogP contribution in [0.1, 0.15) is 42.7 Å². The molecule has 208 valence electrons. The lowest BCUT2D eigenvalue weighted by atomic mass is 10.0. The maximum absolute atomic E-state index is 12.9. The van der Waals surface area contributed by atoms with Gasteiger partial charge in [0.15, 0.2) is 9.14 Å². The number of carbonyl (C=O) groups is 5. The fourth-order valence-electron chi connectivity index (χ4n) is 3.48. The van der Waals surface area contributed by atoms with Gasteiger partial charge in [0, 0.05) is 16.9 Å². The van der Waals surface area contributed by atoms with Crippen LogP contribution < -0.4 is 10.1 Å². The number of Topliss-reactive ketones (excluding diaryl/α,β-unsaturated/α-hetero) is 1. The number of carboxylic acids is 1. The highest BCUT2D eigenvalue weighted by molar-refractivity contribution is 8.01. The lowest BCUT2D eigenvalue weighted by Crippen LogP contribution is -2.71. The number of amides is 3. The molecule has 3 N–H and O–H groups in total. The zero-order valence-corrected chi connectivity index (χ0v) is 24.4. The Kier molecular flexibility index (Phi) is 8.63. The summed E-state index contributed by atoms with van der Waals surface area (Å²) >= 11 is 4.97. The third kappa shape index (κ3) is 6.42. The van der Waals surface area contributed by atoms with Crippen LogP contribution in [0.4, 0.5) is 4.79 Å². The summed E-state index contributed by atoms with van der Waals surface area (Å²) in [5.41, 5.74) is -0.383. The third-order valence-electron chi connectivity index (χ3n) is 5.80. The highest BCUT2D eigenvalue weighted by Gasteiger charge is 2.54. The zero-order valence-electron chi connectivity index (χ0n) is 21.2. The lowest BCUT2D eigenvalue weighted by molar-refractivity contribution is -0.150. The van der Waals surface area contributed by atoms with Crippen LogP contribution in [0, 0.1) is 6.92 Å². The Balaban J connectivity index is 1.40. The van der Waals surface area contributed by atoms with Crippen molar-refractivity contribution >= 4 is 75.9 Å². The second-order valence-electron chi connectivity index (χ2n) is 9.00. The molecule has 2 atom stereocenters. The van der Waals surface area contributed by atoms with Gasteiger partial charge in [-0.2, -0.15) is 0 Å². The third-order valence-corrected chi connectivity index (χ3v) is 9.97. The van der Waals surface area contributed by atoms with Crippen molar-refractivity contribution in [2.24, 2.45) is 4.99 Å². The van der Waals surface area contributed by atoms with Gasteiger partial charge >= 0.3 is 12.1 Å². The van der Waals surface area contributed by atoms with Crippen LogP contribution in [0.5, 0.6) is 0 Å².